The van der Waals surface area contributed by atoms with Crippen molar-refractivity contribution >= 4 is 45.0 Å². The van der Waals surface area contributed by atoms with Crippen LogP contribution in [-0.4, -0.2) is 28.2 Å². The molecule has 0 spiro atoms. The molecule has 0 aromatic heterocycles. The molecule has 2 unspecified atom stereocenters. The van der Waals surface area contributed by atoms with E-state index in [9.17, 15) is 0 Å². The van der Waals surface area contributed by atoms with Gasteiger partial charge in [0.1, 0.15) is 0 Å². The van der Waals surface area contributed by atoms with Crippen molar-refractivity contribution in [3.8, 4) is 0 Å². The summed E-state index contributed by atoms with van der Waals surface area (Å²) in [5.41, 5.74) is 7.59. The third-order valence-corrected chi connectivity index (χ3v) is 9.36. The second kappa shape index (κ2) is 8.83. The molecule has 0 N–H and O–H groups in total. The van der Waals surface area contributed by atoms with Crippen molar-refractivity contribution < 1.29 is 0 Å². The fourth-order valence-corrected chi connectivity index (χ4v) is 6.96. The Kier molecular flexibility index (Phi) is 6.59. The van der Waals surface area contributed by atoms with E-state index < -0.39 is 16.1 Å². The van der Waals surface area contributed by atoms with Crippen LogP contribution in [0.15, 0.2) is 72.1 Å². The lowest BCUT2D eigenvalue weighted by Crippen LogP contribution is -2.16. The van der Waals surface area contributed by atoms with Gasteiger partial charge >= 0.3 is 0 Å². The van der Waals surface area contributed by atoms with Gasteiger partial charge in [-0.2, -0.15) is 0 Å². The molecule has 2 aliphatic rings. The van der Waals surface area contributed by atoms with E-state index in [4.69, 9.17) is 23.2 Å². The maximum atomic E-state index is 6.70. The molecule has 1 aliphatic heterocycles. The Morgan fingerprint density at radius 3 is 2.03 bits per heavy atom. The molecule has 0 amide bonds. The lowest BCUT2D eigenvalue weighted by atomic mass is 10.1. The van der Waals surface area contributed by atoms with Crippen molar-refractivity contribution in [1.82, 2.24) is 0 Å². The van der Waals surface area contributed by atoms with E-state index in [-0.39, 0.29) is 0 Å². The summed E-state index contributed by atoms with van der Waals surface area (Å²) in [6.07, 6.45) is 5.00. The summed E-state index contributed by atoms with van der Waals surface area (Å²) in [5.74, 6) is 1.55. The van der Waals surface area contributed by atoms with Gasteiger partial charge in [0.15, 0.2) is 0 Å². The zero-order valence-electron chi connectivity index (χ0n) is 20.0. The first-order valence-electron chi connectivity index (χ1n) is 11.6. The first-order chi connectivity index (χ1) is 15.0. The number of allylic oxidation sites excluding steroid dienone is 1. The molecule has 1 nitrogen and oxygen atoms in total. The number of nitrogens with zero attached hydrogens (tertiary/aromatic N) is 1. The molecule has 4 rings (SSSR count). The number of halogens is 2. The normalized spacial score (nSPS) is 28.0. The van der Waals surface area contributed by atoms with Crippen molar-refractivity contribution in [3.05, 3.63) is 87.7 Å². The van der Waals surface area contributed by atoms with Crippen LogP contribution in [0.3, 0.4) is 0 Å². The minimum Gasteiger partial charge on any atom is -0.357 e. The van der Waals surface area contributed by atoms with Crippen molar-refractivity contribution in [1.29, 1.82) is 0 Å². The summed E-state index contributed by atoms with van der Waals surface area (Å²) in [5, 5.41) is 1.51. The van der Waals surface area contributed by atoms with Crippen molar-refractivity contribution in [2.45, 2.75) is 57.3 Å². The summed E-state index contributed by atoms with van der Waals surface area (Å²) in [6.45, 7) is 14.4. The highest BCUT2D eigenvalue weighted by atomic mass is 35.5. The van der Waals surface area contributed by atoms with Gasteiger partial charge in [-0.15, -0.1) is 0 Å². The predicted molar refractivity (Wildman–Crippen MR) is 148 cm³/mol. The molecule has 0 bridgehead atoms. The van der Waals surface area contributed by atoms with Crippen LogP contribution in [0.5, 0.6) is 0 Å². The van der Waals surface area contributed by atoms with Gasteiger partial charge in [0.25, 0.3) is 0 Å². The van der Waals surface area contributed by atoms with Crippen molar-refractivity contribution in [2.24, 2.45) is 11.8 Å². The first kappa shape index (κ1) is 23.9. The molecule has 1 aliphatic carbocycles. The van der Waals surface area contributed by atoms with Gasteiger partial charge < -0.3 is 4.90 Å². The Labute approximate surface area is 206 Å². The maximum absolute atomic E-state index is 6.70. The average molecular weight is 501 g/mol. The number of benzene rings is 2. The van der Waals surface area contributed by atoms with Crippen LogP contribution in [0.25, 0.3) is 0 Å². The molecular weight excluding hydrogens is 465 g/mol. The zero-order chi connectivity index (χ0) is 23.3. The topological polar surface area (TPSA) is 3.01 Å². The highest BCUT2D eigenvalue weighted by Gasteiger charge is 2.64. The molecule has 1 saturated heterocycles. The lowest BCUT2D eigenvalue weighted by Gasteiger charge is -2.08. The van der Waals surface area contributed by atoms with Crippen molar-refractivity contribution in [3.63, 3.8) is 0 Å². The zero-order valence-corrected chi connectivity index (χ0v) is 23.5. The summed E-state index contributed by atoms with van der Waals surface area (Å²) < 4.78 is 0. The highest BCUT2D eigenvalue weighted by molar-refractivity contribution is 6.81. The maximum Gasteiger partial charge on any atom is 0.0683 e. The third kappa shape index (κ3) is 5.44. The van der Waals surface area contributed by atoms with Gasteiger partial charge in [-0.25, -0.2) is 0 Å². The van der Waals surface area contributed by atoms with Gasteiger partial charge in [0.05, 0.1) is 28.2 Å². The van der Waals surface area contributed by atoms with E-state index in [2.05, 4.69) is 104 Å². The number of para-hydroxylation sites is 1. The Hall–Kier alpha value is -1.27. The van der Waals surface area contributed by atoms with E-state index in [0.29, 0.717) is 34.9 Å². The molecule has 32 heavy (non-hydrogen) atoms. The Balaban J connectivity index is 1.68. The predicted octanol–water partition coefficient (Wildman–Crippen LogP) is 8.45. The largest absolute Gasteiger partial charge is 0.357 e. The Morgan fingerprint density at radius 2 is 1.44 bits per heavy atom. The molecule has 2 aromatic rings. The van der Waals surface area contributed by atoms with E-state index >= 15 is 0 Å². The monoisotopic (exact) mass is 499 g/mol. The fraction of sp³-hybridized carbons (Fsp3) is 0.407. The lowest BCUT2D eigenvalue weighted by molar-refractivity contribution is 0.754. The molecule has 5 heteroatoms. The molecule has 2 fully saturated rings. The van der Waals surface area contributed by atoms with E-state index in [1.807, 2.05) is 12.1 Å². The average Bonchev–Trinajstić information content (AvgIpc) is 3.57. The van der Waals surface area contributed by atoms with E-state index in [0.717, 1.165) is 5.02 Å². The number of anilines is 1. The summed E-state index contributed by atoms with van der Waals surface area (Å²) in [7, 11) is -2.53. The smallest absolute Gasteiger partial charge is 0.0683 e. The standard InChI is InChI=1S/C27H35Cl2NSi2/c1-31(2,3)16-14-22-25(21-13-12-19(28)18-23(21)29)26(22)27-24(15-17-32(4,5)6)30(27)20-10-8-7-9-11-20/h7-18,22,24-27H,1-6H3/b16-14+,17-15+/t22-,24-,25-,26?,27?,30?/m0/s1. The van der Waals surface area contributed by atoms with Crippen LogP contribution in [0.2, 0.25) is 49.3 Å². The molecule has 1 saturated carbocycles. The Morgan fingerprint density at radius 1 is 0.812 bits per heavy atom. The minimum atomic E-state index is -1.27. The van der Waals surface area contributed by atoms with E-state index in [1.54, 1.807) is 0 Å². The second-order valence-electron chi connectivity index (χ2n) is 11.5. The number of rotatable bonds is 7. The van der Waals surface area contributed by atoms with Gasteiger partial charge in [0.2, 0.25) is 0 Å². The molecule has 5 atom stereocenters. The molecule has 1 heterocycles. The number of hydrogen-bond acceptors (Lipinski definition) is 1. The molecule has 170 valence electrons. The number of hydrogen-bond donors (Lipinski definition) is 0. The van der Waals surface area contributed by atoms with Crippen LogP contribution in [0.1, 0.15) is 11.5 Å². The fourth-order valence-electron chi connectivity index (χ4n) is 4.85. The summed E-state index contributed by atoms with van der Waals surface area (Å²) in [6, 6.07) is 17.9. The minimum absolute atomic E-state index is 0.453. The second-order valence-corrected chi connectivity index (χ2v) is 22.5. The molecular formula is C27H35Cl2NSi2. The Bertz CT molecular complexity index is 1020. The third-order valence-electron chi connectivity index (χ3n) is 6.42. The van der Waals surface area contributed by atoms with Gasteiger partial charge in [-0.05, 0) is 47.6 Å². The van der Waals surface area contributed by atoms with E-state index in [1.165, 1.54) is 11.3 Å². The quantitative estimate of drug-likeness (QED) is 0.272. The summed E-state index contributed by atoms with van der Waals surface area (Å²) >= 11 is 12.9. The summed E-state index contributed by atoms with van der Waals surface area (Å²) in [4.78, 5) is 2.61. The highest BCUT2D eigenvalue weighted by Crippen LogP contribution is 2.64. The SMILES string of the molecule is C[Si](C)(C)/C=C/[C@@H]1C(C2[C@H](/C=C/[Si](C)(C)C)N2c2ccccc2)[C@H]1c1ccc(Cl)cc1Cl. The molecule has 2 aromatic carbocycles. The van der Waals surface area contributed by atoms with Crippen LogP contribution < -0.4 is 4.90 Å². The van der Waals surface area contributed by atoms with Crippen LogP contribution in [0.4, 0.5) is 5.69 Å². The van der Waals surface area contributed by atoms with Gasteiger partial charge in [-0.1, -0.05) is 110 Å². The molecule has 0 radical (unpaired) electrons. The van der Waals surface area contributed by atoms with Crippen LogP contribution in [0, 0.1) is 11.8 Å². The van der Waals surface area contributed by atoms with Crippen LogP contribution in [-0.2, 0) is 0 Å². The van der Waals surface area contributed by atoms with Gasteiger partial charge in [-0.3, -0.25) is 0 Å². The van der Waals surface area contributed by atoms with Crippen LogP contribution >= 0.6 is 23.2 Å². The van der Waals surface area contributed by atoms with Crippen molar-refractivity contribution in [2.75, 3.05) is 4.90 Å². The van der Waals surface area contributed by atoms with Gasteiger partial charge in [0, 0.05) is 15.7 Å². The first-order valence-corrected chi connectivity index (χ1v) is 19.5.